The van der Waals surface area contributed by atoms with Crippen molar-refractivity contribution in [1.82, 2.24) is 0 Å². The van der Waals surface area contributed by atoms with E-state index in [1.807, 2.05) is 13.0 Å². The lowest BCUT2D eigenvalue weighted by atomic mass is 10.0. The molecule has 0 aliphatic heterocycles. The predicted molar refractivity (Wildman–Crippen MR) is 88.1 cm³/mol. The van der Waals surface area contributed by atoms with Crippen LogP contribution in [0.3, 0.4) is 0 Å². The summed E-state index contributed by atoms with van der Waals surface area (Å²) in [6.07, 6.45) is 0. The van der Waals surface area contributed by atoms with Gasteiger partial charge in [0.15, 0.2) is 5.71 Å². The monoisotopic (exact) mass is 333 g/mol. The summed E-state index contributed by atoms with van der Waals surface area (Å²) < 4.78 is 5.71. The van der Waals surface area contributed by atoms with Gasteiger partial charge in [0.2, 0.25) is 0 Å². The number of hydrogen-bond donors (Lipinski definition) is 1. The van der Waals surface area contributed by atoms with Crippen LogP contribution in [0.15, 0.2) is 47.6 Å². The van der Waals surface area contributed by atoms with Crippen molar-refractivity contribution in [3.63, 3.8) is 0 Å². The van der Waals surface area contributed by atoms with Gasteiger partial charge in [-0.3, -0.25) is 0 Å². The quantitative estimate of drug-likeness (QED) is 0.647. The molecule has 0 amide bonds. The van der Waals surface area contributed by atoms with Crippen LogP contribution in [-0.4, -0.2) is 23.9 Å². The van der Waals surface area contributed by atoms with E-state index in [0.29, 0.717) is 21.9 Å². The average Bonchev–Trinajstić information content (AvgIpc) is 2.52. The molecule has 23 heavy (non-hydrogen) atoms. The molecular weight excluding hydrogens is 318 g/mol. The van der Waals surface area contributed by atoms with Crippen LogP contribution in [0.2, 0.25) is 5.02 Å². The number of aryl methyl sites for hydroxylation is 1. The van der Waals surface area contributed by atoms with E-state index in [1.165, 1.54) is 7.11 Å². The van der Waals surface area contributed by atoms with Crippen LogP contribution in [0.25, 0.3) is 0 Å². The first kappa shape index (κ1) is 16.8. The Hall–Kier alpha value is -2.53. The number of carboxylic acid groups (broad SMARTS) is 1. The first-order chi connectivity index (χ1) is 11.0. The molecule has 2 rings (SSSR count). The summed E-state index contributed by atoms with van der Waals surface area (Å²) in [6, 6.07) is 12.4. The second kappa shape index (κ2) is 7.65. The van der Waals surface area contributed by atoms with Gasteiger partial charge in [0.25, 0.3) is 0 Å². The number of carbonyl (C=O) groups is 1. The van der Waals surface area contributed by atoms with Crippen molar-refractivity contribution in [2.45, 2.75) is 13.5 Å². The fraction of sp³-hybridized carbons (Fsp3) is 0.176. The summed E-state index contributed by atoms with van der Waals surface area (Å²) in [5.74, 6) is -0.639. The maximum Gasteiger partial charge on any atom is 0.358 e. The molecule has 5 nitrogen and oxygen atoms in total. The number of hydrogen-bond acceptors (Lipinski definition) is 4. The minimum Gasteiger partial charge on any atom is -0.487 e. The number of oxime groups is 1. The Balaban J connectivity index is 2.27. The molecule has 0 aromatic heterocycles. The molecule has 2 aromatic carbocycles. The summed E-state index contributed by atoms with van der Waals surface area (Å²) in [5.41, 5.74) is 1.96. The minimum atomic E-state index is -1.17. The summed E-state index contributed by atoms with van der Waals surface area (Å²) in [7, 11) is 1.30. The third-order valence-electron chi connectivity index (χ3n) is 3.13. The Bertz CT molecular complexity index is 743. The van der Waals surface area contributed by atoms with E-state index in [9.17, 15) is 9.90 Å². The molecule has 0 bridgehead atoms. The smallest absolute Gasteiger partial charge is 0.358 e. The SMILES string of the molecule is CO/N=C(/C(=O)O)c1ccccc1COc1ccc(C)cc1Cl. The van der Waals surface area contributed by atoms with E-state index in [2.05, 4.69) is 9.99 Å². The standard InChI is InChI=1S/C17H16ClNO4/c1-11-7-8-15(14(18)9-11)23-10-12-5-3-4-6-13(12)16(17(20)21)19-22-2/h3-9H,10H2,1-2H3,(H,20,21)/b19-16+. The molecule has 0 aliphatic rings. The van der Waals surface area contributed by atoms with Gasteiger partial charge in [0.05, 0.1) is 5.02 Å². The first-order valence-corrected chi connectivity index (χ1v) is 7.22. The molecule has 120 valence electrons. The van der Waals surface area contributed by atoms with Crippen molar-refractivity contribution in [2.24, 2.45) is 5.16 Å². The molecule has 0 atom stereocenters. The molecule has 0 heterocycles. The molecule has 0 unspecified atom stereocenters. The van der Waals surface area contributed by atoms with Gasteiger partial charge in [-0.2, -0.15) is 0 Å². The molecule has 0 aliphatic carbocycles. The lowest BCUT2D eigenvalue weighted by Gasteiger charge is -2.12. The predicted octanol–water partition coefficient (Wildman–Crippen LogP) is 3.66. The number of rotatable bonds is 6. The van der Waals surface area contributed by atoms with Gasteiger partial charge in [0, 0.05) is 5.56 Å². The summed E-state index contributed by atoms with van der Waals surface area (Å²) in [6.45, 7) is 2.10. The Morgan fingerprint density at radius 1 is 1.26 bits per heavy atom. The average molecular weight is 334 g/mol. The van der Waals surface area contributed by atoms with Crippen molar-refractivity contribution >= 4 is 23.3 Å². The number of carboxylic acids is 1. The van der Waals surface area contributed by atoms with E-state index in [4.69, 9.17) is 16.3 Å². The van der Waals surface area contributed by atoms with E-state index in [0.717, 1.165) is 5.56 Å². The van der Waals surface area contributed by atoms with Gasteiger partial charge in [-0.1, -0.05) is 47.1 Å². The highest BCUT2D eigenvalue weighted by molar-refractivity contribution is 6.42. The molecule has 2 aromatic rings. The van der Waals surface area contributed by atoms with E-state index >= 15 is 0 Å². The fourth-order valence-electron chi connectivity index (χ4n) is 2.05. The van der Waals surface area contributed by atoms with Gasteiger partial charge in [-0.25, -0.2) is 4.79 Å². The molecule has 0 spiro atoms. The normalized spacial score (nSPS) is 11.2. The molecule has 0 saturated carbocycles. The number of benzene rings is 2. The van der Waals surface area contributed by atoms with Crippen molar-refractivity contribution < 1.29 is 19.5 Å². The largest absolute Gasteiger partial charge is 0.487 e. The lowest BCUT2D eigenvalue weighted by molar-refractivity contribution is -0.129. The van der Waals surface area contributed by atoms with Crippen molar-refractivity contribution in [2.75, 3.05) is 7.11 Å². The first-order valence-electron chi connectivity index (χ1n) is 6.84. The topological polar surface area (TPSA) is 68.1 Å². The second-order valence-corrected chi connectivity index (χ2v) is 5.21. The Morgan fingerprint density at radius 2 is 2.00 bits per heavy atom. The summed E-state index contributed by atoms with van der Waals surface area (Å²) >= 11 is 6.14. The van der Waals surface area contributed by atoms with Crippen molar-refractivity contribution in [3.05, 3.63) is 64.2 Å². The molecular formula is C17H16ClNO4. The van der Waals surface area contributed by atoms with Crippen molar-refractivity contribution in [3.8, 4) is 5.75 Å². The van der Waals surface area contributed by atoms with Gasteiger partial charge in [0.1, 0.15) is 19.5 Å². The van der Waals surface area contributed by atoms with Crippen LogP contribution in [0.4, 0.5) is 0 Å². The highest BCUT2D eigenvalue weighted by Gasteiger charge is 2.17. The molecule has 0 saturated heterocycles. The third kappa shape index (κ3) is 4.23. The third-order valence-corrected chi connectivity index (χ3v) is 3.42. The zero-order chi connectivity index (χ0) is 16.8. The van der Waals surface area contributed by atoms with Gasteiger partial charge < -0.3 is 14.7 Å². The van der Waals surface area contributed by atoms with Crippen LogP contribution in [0.1, 0.15) is 16.7 Å². The van der Waals surface area contributed by atoms with E-state index in [1.54, 1.807) is 36.4 Å². The van der Waals surface area contributed by atoms with Gasteiger partial charge in [-0.15, -0.1) is 0 Å². The summed E-state index contributed by atoms with van der Waals surface area (Å²) in [5, 5.41) is 13.3. The minimum absolute atomic E-state index is 0.162. The van der Waals surface area contributed by atoms with Crippen LogP contribution in [0.5, 0.6) is 5.75 Å². The Kier molecular flexibility index (Phi) is 5.60. The second-order valence-electron chi connectivity index (χ2n) is 4.81. The van der Waals surface area contributed by atoms with Crippen molar-refractivity contribution in [1.29, 1.82) is 0 Å². The Labute approximate surface area is 139 Å². The number of aliphatic carboxylic acids is 1. The molecule has 6 heteroatoms. The van der Waals surface area contributed by atoms with Crippen LogP contribution < -0.4 is 4.74 Å². The highest BCUT2D eigenvalue weighted by atomic mass is 35.5. The fourth-order valence-corrected chi connectivity index (χ4v) is 2.34. The zero-order valence-electron chi connectivity index (χ0n) is 12.7. The molecule has 0 fully saturated rings. The zero-order valence-corrected chi connectivity index (χ0v) is 13.5. The van der Waals surface area contributed by atoms with Crippen LogP contribution >= 0.6 is 11.6 Å². The van der Waals surface area contributed by atoms with E-state index in [-0.39, 0.29) is 12.3 Å². The number of ether oxygens (including phenoxy) is 1. The maximum absolute atomic E-state index is 11.3. The van der Waals surface area contributed by atoms with Crippen LogP contribution in [0, 0.1) is 6.92 Å². The van der Waals surface area contributed by atoms with Crippen LogP contribution in [-0.2, 0) is 16.2 Å². The van der Waals surface area contributed by atoms with E-state index < -0.39 is 5.97 Å². The Morgan fingerprint density at radius 3 is 2.65 bits per heavy atom. The van der Waals surface area contributed by atoms with Gasteiger partial charge in [-0.05, 0) is 30.2 Å². The summed E-state index contributed by atoms with van der Waals surface area (Å²) in [4.78, 5) is 16.0. The van der Waals surface area contributed by atoms with Gasteiger partial charge >= 0.3 is 5.97 Å². The molecule has 1 N–H and O–H groups in total. The number of halogens is 1. The number of nitrogens with zero attached hydrogens (tertiary/aromatic N) is 1. The maximum atomic E-state index is 11.3. The lowest BCUT2D eigenvalue weighted by Crippen LogP contribution is -2.17. The molecule has 0 radical (unpaired) electrons. The highest BCUT2D eigenvalue weighted by Crippen LogP contribution is 2.26.